The molecule has 3 amide bonds. The van der Waals surface area contributed by atoms with Crippen LogP contribution in [0.5, 0.6) is 0 Å². The lowest BCUT2D eigenvalue weighted by Crippen LogP contribution is -2.67. The standard InChI is InChI=1S/C23H10BrCl4FN2O3/c24-10-4-6-12(7-5-10)30-19(9-2-1-3-11(29)8-9)20(23(30)34)31-21(32)13-14(22(31)33)16(26)18(28)17(27)15(13)25/h1-8,19-20H/t19-,20+/m0/s1. The normalized spacial score (nSPS) is 19.5. The zero-order valence-corrected chi connectivity index (χ0v) is 21.3. The van der Waals surface area contributed by atoms with Crippen LogP contribution < -0.4 is 4.90 Å². The number of β-lactam (4-membered cyclic amide) rings is 1. The summed E-state index contributed by atoms with van der Waals surface area (Å²) in [5, 5.41) is -0.808. The number of hydrogen-bond donors (Lipinski definition) is 0. The summed E-state index contributed by atoms with van der Waals surface area (Å²) in [5.74, 6) is -2.73. The van der Waals surface area contributed by atoms with E-state index in [9.17, 15) is 18.8 Å². The third-order valence-corrected chi connectivity index (χ3v) is 8.10. The predicted molar refractivity (Wildman–Crippen MR) is 132 cm³/mol. The Morgan fingerprint density at radius 3 is 1.82 bits per heavy atom. The Bertz CT molecular complexity index is 1370. The van der Waals surface area contributed by atoms with E-state index in [1.807, 2.05) is 0 Å². The maximum absolute atomic E-state index is 14.1. The van der Waals surface area contributed by atoms with Crippen LogP contribution in [0, 0.1) is 5.82 Å². The average molecular weight is 603 g/mol. The van der Waals surface area contributed by atoms with E-state index in [4.69, 9.17) is 46.4 Å². The Balaban J connectivity index is 1.64. The molecule has 0 bridgehead atoms. The van der Waals surface area contributed by atoms with Crippen LogP contribution in [-0.4, -0.2) is 28.7 Å². The molecule has 0 radical (unpaired) electrons. The van der Waals surface area contributed by atoms with Crippen LogP contribution in [0.1, 0.15) is 32.3 Å². The molecule has 2 aliphatic heterocycles. The molecule has 0 aliphatic carbocycles. The van der Waals surface area contributed by atoms with Gasteiger partial charge in [-0.1, -0.05) is 74.5 Å². The van der Waals surface area contributed by atoms with Crippen LogP contribution in [0.15, 0.2) is 53.0 Å². The molecule has 172 valence electrons. The maximum atomic E-state index is 14.1. The number of carbonyl (C=O) groups excluding carboxylic acids is 3. The van der Waals surface area contributed by atoms with E-state index in [0.29, 0.717) is 11.3 Å². The highest BCUT2D eigenvalue weighted by atomic mass is 79.9. The summed E-state index contributed by atoms with van der Waals surface area (Å²) in [7, 11) is 0. The fourth-order valence-corrected chi connectivity index (χ4v) is 5.53. The van der Waals surface area contributed by atoms with Crippen molar-refractivity contribution in [2.45, 2.75) is 12.1 Å². The van der Waals surface area contributed by atoms with Crippen LogP contribution in [0.3, 0.4) is 0 Å². The lowest BCUT2D eigenvalue weighted by Gasteiger charge is -2.49. The SMILES string of the molecule is O=C1c2c(Cl)c(Cl)c(Cl)c(Cl)c2C(=O)N1[C@H]1C(=O)N(c2ccc(Br)cc2)[C@H]1c1cccc(F)c1. The largest absolute Gasteiger partial charge is 0.300 e. The summed E-state index contributed by atoms with van der Waals surface area (Å²) in [6, 6.07) is 10.4. The molecule has 0 N–H and O–H groups in total. The minimum atomic E-state index is -1.26. The smallest absolute Gasteiger partial charge is 0.264 e. The number of hydrogen-bond acceptors (Lipinski definition) is 3. The molecule has 2 atom stereocenters. The van der Waals surface area contributed by atoms with E-state index in [0.717, 1.165) is 9.37 Å². The molecule has 1 saturated heterocycles. The maximum Gasteiger partial charge on any atom is 0.264 e. The molecular weight excluding hydrogens is 593 g/mol. The van der Waals surface area contributed by atoms with Gasteiger partial charge in [0, 0.05) is 10.2 Å². The quantitative estimate of drug-likeness (QED) is 0.141. The molecule has 0 saturated carbocycles. The number of benzene rings is 3. The predicted octanol–water partition coefficient (Wildman–Crippen LogP) is 6.95. The van der Waals surface area contributed by atoms with Gasteiger partial charge in [-0.05, 0) is 42.0 Å². The van der Waals surface area contributed by atoms with Crippen molar-refractivity contribution >= 4 is 85.7 Å². The molecule has 0 aromatic heterocycles. The van der Waals surface area contributed by atoms with Gasteiger partial charge in [0.1, 0.15) is 11.9 Å². The summed E-state index contributed by atoms with van der Waals surface area (Å²) in [4.78, 5) is 42.3. The third kappa shape index (κ3) is 3.37. The fourth-order valence-electron chi connectivity index (χ4n) is 4.26. The van der Waals surface area contributed by atoms with Gasteiger partial charge < -0.3 is 4.90 Å². The first kappa shape index (κ1) is 23.6. The highest BCUT2D eigenvalue weighted by Gasteiger charge is 2.58. The number of fused-ring (bicyclic) bond motifs is 1. The van der Waals surface area contributed by atoms with Crippen molar-refractivity contribution in [1.29, 1.82) is 0 Å². The van der Waals surface area contributed by atoms with Gasteiger partial charge >= 0.3 is 0 Å². The van der Waals surface area contributed by atoms with E-state index in [1.165, 1.54) is 23.1 Å². The van der Waals surface area contributed by atoms with Crippen LogP contribution in [0.2, 0.25) is 20.1 Å². The Morgan fingerprint density at radius 1 is 0.735 bits per heavy atom. The number of amides is 3. The van der Waals surface area contributed by atoms with E-state index < -0.39 is 35.6 Å². The molecule has 2 heterocycles. The topological polar surface area (TPSA) is 57.7 Å². The van der Waals surface area contributed by atoms with Crippen molar-refractivity contribution in [2.24, 2.45) is 0 Å². The summed E-state index contributed by atoms with van der Waals surface area (Å²) < 4.78 is 14.9. The molecule has 3 aromatic carbocycles. The van der Waals surface area contributed by atoms with Gasteiger partial charge in [0.05, 0.1) is 37.3 Å². The van der Waals surface area contributed by atoms with Gasteiger partial charge in [0.15, 0.2) is 0 Å². The van der Waals surface area contributed by atoms with Crippen molar-refractivity contribution in [3.8, 4) is 0 Å². The zero-order chi connectivity index (χ0) is 24.5. The molecule has 34 heavy (non-hydrogen) atoms. The molecule has 0 unspecified atom stereocenters. The number of rotatable bonds is 3. The van der Waals surface area contributed by atoms with Crippen LogP contribution >= 0.6 is 62.3 Å². The van der Waals surface area contributed by atoms with Crippen molar-refractivity contribution in [3.63, 3.8) is 0 Å². The second kappa shape index (κ2) is 8.50. The summed E-state index contributed by atoms with van der Waals surface area (Å²) >= 11 is 28.0. The molecular formula is C23H10BrCl4FN2O3. The number of anilines is 1. The van der Waals surface area contributed by atoms with Crippen molar-refractivity contribution < 1.29 is 18.8 Å². The Kier molecular flexibility index (Phi) is 5.89. The Hall–Kier alpha value is -2.16. The van der Waals surface area contributed by atoms with Crippen molar-refractivity contribution in [1.82, 2.24) is 4.90 Å². The second-order valence-corrected chi connectivity index (χ2v) is 10.0. The van der Waals surface area contributed by atoms with E-state index in [-0.39, 0.29) is 31.2 Å². The lowest BCUT2D eigenvalue weighted by molar-refractivity contribution is -0.130. The van der Waals surface area contributed by atoms with E-state index in [1.54, 1.807) is 30.3 Å². The van der Waals surface area contributed by atoms with Gasteiger partial charge in [0.25, 0.3) is 17.7 Å². The minimum absolute atomic E-state index is 0.173. The first-order chi connectivity index (χ1) is 16.1. The highest BCUT2D eigenvalue weighted by Crippen LogP contribution is 2.49. The Morgan fingerprint density at radius 2 is 1.29 bits per heavy atom. The van der Waals surface area contributed by atoms with Crippen molar-refractivity contribution in [2.75, 3.05) is 4.90 Å². The zero-order valence-electron chi connectivity index (χ0n) is 16.7. The first-order valence-electron chi connectivity index (χ1n) is 9.71. The monoisotopic (exact) mass is 600 g/mol. The average Bonchev–Trinajstić information content (AvgIpc) is 3.06. The molecule has 5 rings (SSSR count). The molecule has 11 heteroatoms. The van der Waals surface area contributed by atoms with Gasteiger partial charge in [-0.25, -0.2) is 4.39 Å². The molecule has 0 spiro atoms. The summed E-state index contributed by atoms with van der Waals surface area (Å²) in [6.07, 6.45) is 0. The van der Waals surface area contributed by atoms with Crippen LogP contribution in [-0.2, 0) is 4.79 Å². The summed E-state index contributed by atoms with van der Waals surface area (Å²) in [6.45, 7) is 0. The van der Waals surface area contributed by atoms with Gasteiger partial charge in [0.2, 0.25) is 0 Å². The van der Waals surface area contributed by atoms with E-state index in [2.05, 4.69) is 15.9 Å². The lowest BCUT2D eigenvalue weighted by atomic mass is 9.86. The Labute approximate surface area is 221 Å². The third-order valence-electron chi connectivity index (χ3n) is 5.77. The summed E-state index contributed by atoms with van der Waals surface area (Å²) in [5.41, 5.74) is 0.465. The molecule has 3 aromatic rings. The van der Waals surface area contributed by atoms with Gasteiger partial charge in [-0.3, -0.25) is 19.3 Å². The van der Waals surface area contributed by atoms with Gasteiger partial charge in [-0.15, -0.1) is 0 Å². The molecule has 1 fully saturated rings. The molecule has 5 nitrogen and oxygen atoms in total. The first-order valence-corrected chi connectivity index (χ1v) is 12.0. The van der Waals surface area contributed by atoms with Gasteiger partial charge in [-0.2, -0.15) is 0 Å². The minimum Gasteiger partial charge on any atom is -0.300 e. The number of nitrogens with zero attached hydrogens (tertiary/aromatic N) is 2. The number of halogens is 6. The van der Waals surface area contributed by atoms with Crippen molar-refractivity contribution in [3.05, 3.63) is 95.6 Å². The fraction of sp³-hybridized carbons (Fsp3) is 0.0870. The number of carbonyl (C=O) groups is 3. The molecule has 2 aliphatic rings. The van der Waals surface area contributed by atoms with Crippen LogP contribution in [0.25, 0.3) is 0 Å². The highest BCUT2D eigenvalue weighted by molar-refractivity contribution is 9.10. The number of imide groups is 1. The van der Waals surface area contributed by atoms with E-state index >= 15 is 0 Å². The second-order valence-electron chi connectivity index (χ2n) is 7.62. The van der Waals surface area contributed by atoms with Crippen LogP contribution in [0.4, 0.5) is 10.1 Å².